The first-order valence-electron chi connectivity index (χ1n) is 15.9. The van der Waals surface area contributed by atoms with Gasteiger partial charge in [-0.2, -0.15) is 10.2 Å². The second-order valence-corrected chi connectivity index (χ2v) is 18.4. The van der Waals surface area contributed by atoms with E-state index < -0.39 is 10.0 Å². The molecular weight excluding hydrogens is 637 g/mol. The highest BCUT2D eigenvalue weighted by Gasteiger charge is 2.31. The number of ether oxygens (including phenoxy) is 1. The van der Waals surface area contributed by atoms with Gasteiger partial charge in [0.15, 0.2) is 0 Å². The van der Waals surface area contributed by atoms with Gasteiger partial charge in [0.25, 0.3) is 17.4 Å². The lowest BCUT2D eigenvalue weighted by Gasteiger charge is -2.31. The average molecular weight is 689 g/mol. The molecular formula is C33H52N8O4S2. The minimum Gasteiger partial charge on any atom is -0.358 e. The summed E-state index contributed by atoms with van der Waals surface area (Å²) in [6.07, 6.45) is 13.8. The third-order valence-electron chi connectivity index (χ3n) is 7.95. The fraction of sp³-hybridized carbons (Fsp3) is 0.515. The molecule has 0 radical (unpaired) electrons. The first-order valence-corrected chi connectivity index (χ1v) is 19.8. The van der Waals surface area contributed by atoms with E-state index in [9.17, 15) is 14.4 Å². The third-order valence-corrected chi connectivity index (χ3v) is 10.5. The molecule has 260 valence electrons. The summed E-state index contributed by atoms with van der Waals surface area (Å²) in [6.45, 7) is 13.2. The molecule has 0 saturated carbocycles. The van der Waals surface area contributed by atoms with Gasteiger partial charge in [0.05, 0.1) is 40.2 Å². The number of carbonyl (C=O) groups excluding carboxylic acids is 2. The monoisotopic (exact) mass is 688 g/mol. The molecule has 0 unspecified atom stereocenters. The Hall–Kier alpha value is -3.59. The van der Waals surface area contributed by atoms with Crippen LogP contribution >= 0.6 is 21.4 Å². The van der Waals surface area contributed by atoms with Crippen molar-refractivity contribution in [2.24, 2.45) is 0 Å². The zero-order valence-electron chi connectivity index (χ0n) is 28.8. The lowest BCUT2D eigenvalue weighted by atomic mass is 10.0. The molecule has 1 aliphatic heterocycles. The van der Waals surface area contributed by atoms with Crippen LogP contribution in [0.2, 0.25) is 0 Å². The minimum absolute atomic E-state index is 0. The highest BCUT2D eigenvalue weighted by Crippen LogP contribution is 2.33. The Balaban J connectivity index is 0.00000205. The van der Waals surface area contributed by atoms with Crippen molar-refractivity contribution in [3.05, 3.63) is 64.0 Å². The highest BCUT2D eigenvalue weighted by molar-refractivity contribution is 8.32. The maximum Gasteiger partial charge on any atom is 0.268 e. The molecule has 2 amide bonds. The van der Waals surface area contributed by atoms with Gasteiger partial charge >= 0.3 is 0 Å². The summed E-state index contributed by atoms with van der Waals surface area (Å²) in [5.74, 6) is 0.337. The van der Waals surface area contributed by atoms with Crippen LogP contribution < -0.4 is 16.2 Å². The van der Waals surface area contributed by atoms with E-state index in [4.69, 9.17) is 4.74 Å². The second kappa shape index (κ2) is 15.5. The highest BCUT2D eigenvalue weighted by atomic mass is 32.3. The summed E-state index contributed by atoms with van der Waals surface area (Å²) in [5.41, 5.74) is 2.26. The van der Waals surface area contributed by atoms with Crippen LogP contribution in [0.5, 0.6) is 0 Å². The van der Waals surface area contributed by atoms with Crippen LogP contribution in [0.1, 0.15) is 69.8 Å². The van der Waals surface area contributed by atoms with Crippen molar-refractivity contribution in [1.82, 2.24) is 34.6 Å². The molecule has 1 aliphatic rings. The maximum atomic E-state index is 13.4. The molecule has 1 fully saturated rings. The summed E-state index contributed by atoms with van der Waals surface area (Å²) >= 11 is 1.34. The van der Waals surface area contributed by atoms with E-state index in [0.717, 1.165) is 30.1 Å². The van der Waals surface area contributed by atoms with Crippen LogP contribution in [0.3, 0.4) is 0 Å². The van der Waals surface area contributed by atoms with Crippen LogP contribution in [0.15, 0.2) is 41.6 Å². The summed E-state index contributed by atoms with van der Waals surface area (Å²) in [4.78, 5) is 46.8. The van der Waals surface area contributed by atoms with Crippen LogP contribution in [-0.4, -0.2) is 97.4 Å². The van der Waals surface area contributed by atoms with Crippen LogP contribution in [0.25, 0.3) is 15.4 Å². The molecule has 1 saturated heterocycles. The van der Waals surface area contributed by atoms with Gasteiger partial charge in [-0.15, -0.1) is 11.3 Å². The minimum atomic E-state index is -0.694. The van der Waals surface area contributed by atoms with E-state index >= 15 is 0 Å². The van der Waals surface area contributed by atoms with Crippen LogP contribution in [0, 0.1) is 6.92 Å². The molecule has 14 heteroatoms. The van der Waals surface area contributed by atoms with Crippen molar-refractivity contribution < 1.29 is 17.2 Å². The molecule has 4 aromatic heterocycles. The fourth-order valence-electron chi connectivity index (χ4n) is 5.15. The van der Waals surface area contributed by atoms with Crippen molar-refractivity contribution in [2.75, 3.05) is 56.1 Å². The zero-order valence-corrected chi connectivity index (χ0v) is 30.4. The van der Waals surface area contributed by atoms with Crippen molar-refractivity contribution in [2.45, 2.75) is 59.7 Å². The SMILES string of the molecule is CC.Cc1ncc(C(=O)NCCN2CCCC2(C)C)cc1NC(=O)c1cnn2cc(-c3ccc(=O)n(COCCS(C)(C)C)n3)sc12.[HH].[HH]. The Morgan fingerprint density at radius 3 is 2.62 bits per heavy atom. The van der Waals surface area contributed by atoms with E-state index in [1.165, 1.54) is 40.9 Å². The summed E-state index contributed by atoms with van der Waals surface area (Å²) in [7, 11) is -0.694. The lowest BCUT2D eigenvalue weighted by molar-refractivity contribution is 0.0775. The number of pyridine rings is 1. The van der Waals surface area contributed by atoms with Gasteiger partial charge in [-0.05, 0) is 71.1 Å². The molecule has 0 spiro atoms. The Morgan fingerprint density at radius 2 is 1.91 bits per heavy atom. The van der Waals surface area contributed by atoms with E-state index in [0.29, 0.717) is 46.2 Å². The number of rotatable bonds is 12. The fourth-order valence-corrected chi connectivity index (χ4v) is 6.79. The van der Waals surface area contributed by atoms with E-state index in [1.807, 2.05) is 13.8 Å². The Labute approximate surface area is 285 Å². The Morgan fingerprint density at radius 1 is 1.15 bits per heavy atom. The number of anilines is 1. The van der Waals surface area contributed by atoms with Gasteiger partial charge in [0.2, 0.25) is 0 Å². The molecule has 47 heavy (non-hydrogen) atoms. The number of thiazole rings is 1. The first-order chi connectivity index (χ1) is 22.3. The number of hydrogen-bond donors (Lipinski definition) is 2. The molecule has 5 rings (SSSR count). The van der Waals surface area contributed by atoms with E-state index in [1.54, 1.807) is 29.8 Å². The van der Waals surface area contributed by atoms with Crippen LogP contribution in [0.4, 0.5) is 5.69 Å². The molecule has 5 heterocycles. The van der Waals surface area contributed by atoms with Gasteiger partial charge < -0.3 is 15.4 Å². The summed E-state index contributed by atoms with van der Waals surface area (Å²) in [5, 5.41) is 14.7. The van der Waals surface area contributed by atoms with Gasteiger partial charge in [-0.3, -0.25) is 24.3 Å². The van der Waals surface area contributed by atoms with Gasteiger partial charge in [-0.25, -0.2) is 19.2 Å². The molecule has 4 aromatic rings. The number of aryl methyl sites for hydroxylation is 1. The number of hydrogen-bond acceptors (Lipinski definition) is 9. The van der Waals surface area contributed by atoms with Gasteiger partial charge in [0, 0.05) is 45.7 Å². The second-order valence-electron chi connectivity index (χ2n) is 12.8. The normalized spacial score (nSPS) is 14.9. The third kappa shape index (κ3) is 9.28. The maximum absolute atomic E-state index is 13.4. The number of nitrogens with one attached hydrogen (secondary N) is 2. The number of nitrogens with zero attached hydrogens (tertiary/aromatic N) is 6. The summed E-state index contributed by atoms with van der Waals surface area (Å²) in [6, 6.07) is 4.76. The Bertz CT molecular complexity index is 1770. The summed E-state index contributed by atoms with van der Waals surface area (Å²) < 4.78 is 8.64. The molecule has 0 bridgehead atoms. The van der Waals surface area contributed by atoms with E-state index in [-0.39, 0.29) is 32.5 Å². The quantitative estimate of drug-likeness (QED) is 0.190. The van der Waals surface area contributed by atoms with Gasteiger partial charge in [-0.1, -0.05) is 13.8 Å². The first kappa shape index (κ1) is 36.2. The molecule has 0 atom stereocenters. The number of fused-ring (bicyclic) bond motifs is 1. The smallest absolute Gasteiger partial charge is 0.268 e. The van der Waals surface area contributed by atoms with Crippen LogP contribution in [-0.2, 0) is 11.5 Å². The van der Waals surface area contributed by atoms with Gasteiger partial charge in [0.1, 0.15) is 17.3 Å². The lowest BCUT2D eigenvalue weighted by Crippen LogP contribution is -2.43. The molecule has 0 aliphatic carbocycles. The topological polar surface area (TPSA) is 136 Å². The molecule has 2 N–H and O–H groups in total. The predicted octanol–water partition coefficient (Wildman–Crippen LogP) is 5.37. The standard InChI is InChI=1S/C31H42N8O4S2.C2H6.2H2/c1-21-25(16-22(17-33-21)28(41)32-11-13-37-12-7-10-31(37,2)3)35-29(42)23-18-34-38-19-26(44-30(23)38)24-8-9-27(40)39(36-24)20-43-14-15-45(4,5)6;1-2;;/h8-9,16-19H,7,10-15,20H2,1-6H3,(H,32,41)(H,35,42);1-2H3;2*1H. The predicted molar refractivity (Wildman–Crippen MR) is 196 cm³/mol. The molecule has 0 aromatic carbocycles. The van der Waals surface area contributed by atoms with Crippen molar-refractivity contribution in [3.63, 3.8) is 0 Å². The van der Waals surface area contributed by atoms with E-state index in [2.05, 4.69) is 63.3 Å². The number of amides is 2. The van der Waals surface area contributed by atoms with Crippen molar-refractivity contribution in [3.8, 4) is 10.6 Å². The number of carbonyl (C=O) groups is 2. The number of likely N-dealkylation sites (tertiary alicyclic amines) is 1. The van der Waals surface area contributed by atoms with Crippen molar-refractivity contribution in [1.29, 1.82) is 0 Å². The Kier molecular flexibility index (Phi) is 12.0. The zero-order chi connectivity index (χ0) is 34.4. The number of aromatic nitrogens is 5. The molecule has 12 nitrogen and oxygen atoms in total. The largest absolute Gasteiger partial charge is 0.358 e. The average Bonchev–Trinajstić information content (AvgIpc) is 3.71. The van der Waals surface area contributed by atoms with Crippen molar-refractivity contribution >= 4 is 43.7 Å².